The Balaban J connectivity index is 1.41. The van der Waals surface area contributed by atoms with Gasteiger partial charge in [-0.1, -0.05) is 0 Å². The van der Waals surface area contributed by atoms with Crippen molar-refractivity contribution >= 4 is 27.9 Å². The maximum absolute atomic E-state index is 14.6. The Morgan fingerprint density at radius 1 is 1.03 bits per heavy atom. The Morgan fingerprint density at radius 3 is 2.68 bits per heavy atom. The van der Waals surface area contributed by atoms with Crippen LogP contribution in [0, 0.1) is 12.7 Å². The molecule has 0 atom stereocenters. The minimum Gasteiger partial charge on any atom is -0.384 e. The topological polar surface area (TPSA) is 116 Å². The van der Waals surface area contributed by atoms with Crippen molar-refractivity contribution in [2.45, 2.75) is 6.92 Å². The van der Waals surface area contributed by atoms with Crippen molar-refractivity contribution in [3.8, 4) is 33.9 Å². The normalized spacial score (nSPS) is 11.7. The number of aromatic nitrogens is 8. The van der Waals surface area contributed by atoms with Gasteiger partial charge in [0.25, 0.3) is 0 Å². The molecule has 0 aliphatic rings. The number of anilines is 1. The molecule has 0 spiro atoms. The number of imidazole rings is 2. The van der Waals surface area contributed by atoms with Crippen molar-refractivity contribution in [3.05, 3.63) is 60.6 Å². The van der Waals surface area contributed by atoms with Gasteiger partial charge in [-0.15, -0.1) is 0 Å². The van der Waals surface area contributed by atoms with Gasteiger partial charge in [0, 0.05) is 49.3 Å². The lowest BCUT2D eigenvalue weighted by atomic mass is 10.0. The number of aryl methyl sites for hydroxylation is 1. The number of rotatable bonds is 7. The van der Waals surface area contributed by atoms with E-state index in [1.54, 1.807) is 12.4 Å². The van der Waals surface area contributed by atoms with Gasteiger partial charge in [-0.3, -0.25) is 5.10 Å². The predicted octanol–water partition coefficient (Wildman–Crippen LogP) is 4.38. The number of halogens is 1. The van der Waals surface area contributed by atoms with E-state index in [-0.39, 0.29) is 5.82 Å². The van der Waals surface area contributed by atoms with Crippen LogP contribution in [0.5, 0.6) is 0 Å². The van der Waals surface area contributed by atoms with E-state index in [1.165, 1.54) is 12.1 Å². The number of pyridine rings is 2. The van der Waals surface area contributed by atoms with Crippen molar-refractivity contribution in [1.82, 2.24) is 44.6 Å². The summed E-state index contributed by atoms with van der Waals surface area (Å²) in [5.74, 6) is 1.17. The van der Waals surface area contributed by atoms with Crippen LogP contribution in [0.1, 0.15) is 5.82 Å². The van der Waals surface area contributed by atoms with E-state index in [1.807, 2.05) is 57.0 Å². The number of fused-ring (bicyclic) bond motifs is 2. The molecule has 6 rings (SSSR count). The molecule has 0 radical (unpaired) electrons. The Bertz CT molecular complexity index is 1780. The van der Waals surface area contributed by atoms with Gasteiger partial charge in [0.05, 0.1) is 22.8 Å². The summed E-state index contributed by atoms with van der Waals surface area (Å²) in [4.78, 5) is 23.6. The van der Waals surface area contributed by atoms with Crippen LogP contribution in [0.2, 0.25) is 0 Å². The lowest BCUT2D eigenvalue weighted by Crippen LogP contribution is -2.20. The Morgan fingerprint density at radius 2 is 1.89 bits per heavy atom. The predicted molar refractivity (Wildman–Crippen MR) is 146 cm³/mol. The van der Waals surface area contributed by atoms with Gasteiger partial charge in [-0.05, 0) is 56.9 Å². The molecule has 0 aliphatic heterocycles. The van der Waals surface area contributed by atoms with E-state index < -0.39 is 0 Å². The minimum atomic E-state index is -0.317. The van der Waals surface area contributed by atoms with E-state index in [2.05, 4.69) is 40.3 Å². The Hall–Kier alpha value is -4.64. The fourth-order valence-electron chi connectivity index (χ4n) is 4.53. The average molecular weight is 511 g/mol. The van der Waals surface area contributed by atoms with Gasteiger partial charge in [0.15, 0.2) is 17.1 Å². The highest BCUT2D eigenvalue weighted by Gasteiger charge is 2.18. The SMILES string of the molecule is Cc1ncc(-c2cnc3n[nH]c(-c4nc5nccc(-c6cc(F)cc(NCCN(C)C)c6)c5[nH]4)c3c2)n1C. The molecule has 3 N–H and O–H groups in total. The smallest absolute Gasteiger partial charge is 0.181 e. The molecule has 5 heterocycles. The number of hydrogen-bond acceptors (Lipinski definition) is 7. The second-order valence-corrected chi connectivity index (χ2v) is 9.54. The van der Waals surface area contributed by atoms with Crippen LogP contribution in [0.15, 0.2) is 48.9 Å². The first-order chi connectivity index (χ1) is 18.4. The largest absolute Gasteiger partial charge is 0.384 e. The third kappa shape index (κ3) is 4.26. The molecule has 1 aromatic carbocycles. The Kier molecular flexibility index (Phi) is 5.84. The number of aromatic amines is 2. The molecule has 192 valence electrons. The summed E-state index contributed by atoms with van der Waals surface area (Å²) in [5.41, 5.74) is 6.64. The highest BCUT2D eigenvalue weighted by Crippen LogP contribution is 2.33. The van der Waals surface area contributed by atoms with Crippen LogP contribution < -0.4 is 5.32 Å². The van der Waals surface area contributed by atoms with Gasteiger partial charge in [0.1, 0.15) is 17.3 Å². The van der Waals surface area contributed by atoms with E-state index in [0.717, 1.165) is 45.8 Å². The van der Waals surface area contributed by atoms with E-state index >= 15 is 0 Å². The lowest BCUT2D eigenvalue weighted by Gasteiger charge is -2.13. The van der Waals surface area contributed by atoms with Crippen LogP contribution in [0.25, 0.3) is 56.1 Å². The minimum absolute atomic E-state index is 0.317. The Labute approximate surface area is 218 Å². The average Bonchev–Trinajstić information content (AvgIpc) is 3.59. The zero-order valence-electron chi connectivity index (χ0n) is 21.5. The summed E-state index contributed by atoms with van der Waals surface area (Å²) >= 11 is 0. The number of nitrogens with one attached hydrogen (secondary N) is 3. The first-order valence-electron chi connectivity index (χ1n) is 12.2. The van der Waals surface area contributed by atoms with Gasteiger partial charge >= 0.3 is 0 Å². The second-order valence-electron chi connectivity index (χ2n) is 9.54. The molecule has 0 amide bonds. The summed E-state index contributed by atoms with van der Waals surface area (Å²) in [6, 6.07) is 8.84. The van der Waals surface area contributed by atoms with Crippen LogP contribution in [-0.4, -0.2) is 71.8 Å². The second kappa shape index (κ2) is 9.34. The molecular weight excluding hydrogens is 483 g/mol. The number of likely N-dealkylation sites (N-methyl/N-ethyl adjacent to an activating group) is 1. The third-order valence-corrected chi connectivity index (χ3v) is 6.65. The standard InChI is InChI=1S/C27H27FN10/c1-15-31-14-22(38(15)4)17-11-21-24(35-36-25(21)32-13-17)27-33-23-20(5-6-30-26(23)34-27)16-9-18(28)12-19(10-16)29-7-8-37(2)3/h5-6,9-14,29H,7-8H2,1-4H3,(H,30,33,34)(H,32,35,36). The maximum Gasteiger partial charge on any atom is 0.181 e. The fraction of sp³-hybridized carbons (Fsp3) is 0.222. The third-order valence-electron chi connectivity index (χ3n) is 6.65. The van der Waals surface area contributed by atoms with Crippen LogP contribution >= 0.6 is 0 Å². The molecular formula is C27H27FN10. The molecule has 0 saturated carbocycles. The van der Waals surface area contributed by atoms with Crippen LogP contribution in [0.3, 0.4) is 0 Å². The molecule has 0 fully saturated rings. The quantitative estimate of drug-likeness (QED) is 0.292. The molecule has 0 saturated heterocycles. The summed E-state index contributed by atoms with van der Waals surface area (Å²) in [6.07, 6.45) is 5.30. The van der Waals surface area contributed by atoms with Crippen LogP contribution in [-0.2, 0) is 7.05 Å². The summed E-state index contributed by atoms with van der Waals surface area (Å²) < 4.78 is 16.6. The van der Waals surface area contributed by atoms with Gasteiger partial charge < -0.3 is 19.8 Å². The number of benzene rings is 1. The first kappa shape index (κ1) is 23.7. The highest BCUT2D eigenvalue weighted by atomic mass is 19.1. The molecule has 0 bridgehead atoms. The van der Waals surface area contributed by atoms with Gasteiger partial charge in [-0.2, -0.15) is 5.10 Å². The summed E-state index contributed by atoms with van der Waals surface area (Å²) in [5, 5.41) is 11.6. The van der Waals surface area contributed by atoms with Crippen molar-refractivity contribution in [3.63, 3.8) is 0 Å². The van der Waals surface area contributed by atoms with Crippen LogP contribution in [0.4, 0.5) is 10.1 Å². The lowest BCUT2D eigenvalue weighted by molar-refractivity contribution is 0.425. The number of hydrogen-bond donors (Lipinski definition) is 3. The molecule has 0 unspecified atom stereocenters. The van der Waals surface area contributed by atoms with E-state index in [9.17, 15) is 4.39 Å². The van der Waals surface area contributed by atoms with E-state index in [4.69, 9.17) is 4.98 Å². The monoisotopic (exact) mass is 510 g/mol. The molecule has 38 heavy (non-hydrogen) atoms. The molecule has 0 aliphatic carbocycles. The molecule has 10 nitrogen and oxygen atoms in total. The van der Waals surface area contributed by atoms with Gasteiger partial charge in [-0.25, -0.2) is 24.3 Å². The zero-order chi connectivity index (χ0) is 26.4. The maximum atomic E-state index is 14.6. The van der Waals surface area contributed by atoms with Gasteiger partial charge in [0.2, 0.25) is 0 Å². The zero-order valence-corrected chi connectivity index (χ0v) is 21.5. The van der Waals surface area contributed by atoms with Crippen molar-refractivity contribution in [2.75, 3.05) is 32.5 Å². The van der Waals surface area contributed by atoms with Crippen molar-refractivity contribution < 1.29 is 4.39 Å². The molecule has 11 heteroatoms. The molecule has 6 aromatic rings. The van der Waals surface area contributed by atoms with Crippen molar-refractivity contribution in [1.29, 1.82) is 0 Å². The van der Waals surface area contributed by atoms with Crippen molar-refractivity contribution in [2.24, 2.45) is 7.05 Å². The first-order valence-corrected chi connectivity index (χ1v) is 12.2. The number of H-pyrrole nitrogens is 2. The molecule has 5 aromatic heterocycles. The number of nitrogens with zero attached hydrogens (tertiary/aromatic N) is 7. The van der Waals surface area contributed by atoms with E-state index in [0.29, 0.717) is 34.9 Å². The fourth-order valence-corrected chi connectivity index (χ4v) is 4.53. The summed E-state index contributed by atoms with van der Waals surface area (Å²) in [7, 11) is 5.98. The summed E-state index contributed by atoms with van der Waals surface area (Å²) in [6.45, 7) is 3.50. The highest BCUT2D eigenvalue weighted by molar-refractivity contribution is 5.96.